The number of ketones is 1. The average Bonchev–Trinajstić information content (AvgIpc) is 2.53. The Balaban J connectivity index is 2.02. The van der Waals surface area contributed by atoms with Crippen molar-refractivity contribution in [1.29, 1.82) is 0 Å². The summed E-state index contributed by atoms with van der Waals surface area (Å²) in [6, 6.07) is 9.00. The fourth-order valence-corrected chi connectivity index (χ4v) is 2.48. The molecule has 0 atom stereocenters. The number of Topliss-reactive ketones (excluding diaryl/α,β-unsaturated/α-hetero) is 1. The molecule has 0 saturated carbocycles. The van der Waals surface area contributed by atoms with Gasteiger partial charge in [0, 0.05) is 16.2 Å². The SMILES string of the molecule is CC(C)(C)c1ccc(C(=O)CNC(=O)c2cc(Br)cnc2N)cc1. The van der Waals surface area contributed by atoms with Gasteiger partial charge in [-0.3, -0.25) is 9.59 Å². The van der Waals surface area contributed by atoms with Crippen molar-refractivity contribution in [3.63, 3.8) is 0 Å². The average molecular weight is 390 g/mol. The molecule has 0 radical (unpaired) electrons. The number of anilines is 1. The second-order valence-corrected chi connectivity index (χ2v) is 7.44. The van der Waals surface area contributed by atoms with Crippen LogP contribution in [0.4, 0.5) is 5.82 Å². The van der Waals surface area contributed by atoms with E-state index in [1.807, 2.05) is 12.1 Å². The van der Waals surface area contributed by atoms with Crippen LogP contribution in [0.25, 0.3) is 0 Å². The number of carbonyl (C=O) groups is 2. The summed E-state index contributed by atoms with van der Waals surface area (Å²) in [4.78, 5) is 28.3. The lowest BCUT2D eigenvalue weighted by atomic mass is 9.86. The van der Waals surface area contributed by atoms with Crippen molar-refractivity contribution in [2.45, 2.75) is 26.2 Å². The maximum atomic E-state index is 12.2. The van der Waals surface area contributed by atoms with E-state index in [4.69, 9.17) is 5.73 Å². The molecule has 1 heterocycles. The van der Waals surface area contributed by atoms with E-state index in [0.29, 0.717) is 10.0 Å². The Hall–Kier alpha value is -2.21. The summed E-state index contributed by atoms with van der Waals surface area (Å²) >= 11 is 3.24. The lowest BCUT2D eigenvalue weighted by Crippen LogP contribution is -2.30. The van der Waals surface area contributed by atoms with Crippen LogP contribution in [0, 0.1) is 0 Å². The lowest BCUT2D eigenvalue weighted by Gasteiger charge is -2.19. The number of carbonyl (C=O) groups excluding carboxylic acids is 2. The minimum absolute atomic E-state index is 0.0288. The van der Waals surface area contributed by atoms with Crippen LogP contribution in [-0.2, 0) is 5.41 Å². The molecule has 0 spiro atoms. The normalized spacial score (nSPS) is 11.2. The van der Waals surface area contributed by atoms with Crippen LogP contribution in [0.3, 0.4) is 0 Å². The monoisotopic (exact) mass is 389 g/mol. The minimum atomic E-state index is -0.430. The third kappa shape index (κ3) is 4.41. The van der Waals surface area contributed by atoms with Crippen molar-refractivity contribution in [3.05, 3.63) is 57.7 Å². The molecule has 0 aliphatic carbocycles. The summed E-state index contributed by atoms with van der Waals surface area (Å²) in [5, 5.41) is 2.58. The van der Waals surface area contributed by atoms with Gasteiger partial charge in [0.2, 0.25) is 0 Å². The number of nitrogen functional groups attached to an aromatic ring is 1. The smallest absolute Gasteiger partial charge is 0.255 e. The Morgan fingerprint density at radius 1 is 1.21 bits per heavy atom. The van der Waals surface area contributed by atoms with Gasteiger partial charge in [-0.1, -0.05) is 45.0 Å². The molecule has 0 saturated heterocycles. The van der Waals surface area contributed by atoms with Gasteiger partial charge in [-0.2, -0.15) is 0 Å². The zero-order chi connectivity index (χ0) is 17.9. The van der Waals surface area contributed by atoms with Gasteiger partial charge in [-0.05, 0) is 33.0 Å². The Morgan fingerprint density at radius 3 is 2.42 bits per heavy atom. The first-order chi connectivity index (χ1) is 11.2. The number of hydrogen-bond donors (Lipinski definition) is 2. The van der Waals surface area contributed by atoms with E-state index in [9.17, 15) is 9.59 Å². The van der Waals surface area contributed by atoms with E-state index >= 15 is 0 Å². The topological polar surface area (TPSA) is 85.1 Å². The molecular formula is C18H20BrN3O2. The second kappa shape index (κ2) is 7.13. The van der Waals surface area contributed by atoms with Crippen LogP contribution in [0.2, 0.25) is 0 Å². The molecule has 1 aromatic heterocycles. The number of nitrogens with two attached hydrogens (primary N) is 1. The molecule has 1 aromatic carbocycles. The minimum Gasteiger partial charge on any atom is -0.383 e. The molecule has 2 aromatic rings. The number of hydrogen-bond acceptors (Lipinski definition) is 4. The van der Waals surface area contributed by atoms with Crippen LogP contribution in [0.15, 0.2) is 41.0 Å². The van der Waals surface area contributed by atoms with Crippen molar-refractivity contribution in [1.82, 2.24) is 10.3 Å². The van der Waals surface area contributed by atoms with Gasteiger partial charge in [0.1, 0.15) is 5.82 Å². The molecule has 0 fully saturated rings. The highest BCUT2D eigenvalue weighted by Gasteiger charge is 2.16. The van der Waals surface area contributed by atoms with E-state index in [2.05, 4.69) is 47.0 Å². The number of pyridine rings is 1. The summed E-state index contributed by atoms with van der Waals surface area (Å²) in [6.07, 6.45) is 1.51. The van der Waals surface area contributed by atoms with Gasteiger partial charge in [-0.25, -0.2) is 4.98 Å². The fourth-order valence-electron chi connectivity index (χ4n) is 2.15. The molecule has 1 amide bonds. The number of nitrogens with zero attached hydrogens (tertiary/aromatic N) is 1. The Labute approximate surface area is 149 Å². The second-order valence-electron chi connectivity index (χ2n) is 6.52. The maximum absolute atomic E-state index is 12.2. The fraction of sp³-hybridized carbons (Fsp3) is 0.278. The van der Waals surface area contributed by atoms with Gasteiger partial charge >= 0.3 is 0 Å². The van der Waals surface area contributed by atoms with Gasteiger partial charge in [0.15, 0.2) is 5.78 Å². The summed E-state index contributed by atoms with van der Waals surface area (Å²) < 4.78 is 0.644. The highest BCUT2D eigenvalue weighted by Crippen LogP contribution is 2.22. The molecule has 0 aliphatic rings. The quantitative estimate of drug-likeness (QED) is 0.785. The summed E-state index contributed by atoms with van der Waals surface area (Å²) in [5.74, 6) is -0.469. The maximum Gasteiger partial charge on any atom is 0.255 e. The van der Waals surface area contributed by atoms with Crippen molar-refractivity contribution >= 4 is 33.4 Å². The molecule has 0 aliphatic heterocycles. The highest BCUT2D eigenvalue weighted by atomic mass is 79.9. The lowest BCUT2D eigenvalue weighted by molar-refractivity contribution is 0.0904. The van der Waals surface area contributed by atoms with E-state index in [1.54, 1.807) is 18.2 Å². The van der Waals surface area contributed by atoms with Crippen molar-refractivity contribution in [3.8, 4) is 0 Å². The van der Waals surface area contributed by atoms with Crippen LogP contribution in [0.1, 0.15) is 47.1 Å². The number of halogens is 1. The number of rotatable bonds is 4. The number of nitrogens with one attached hydrogen (secondary N) is 1. The van der Waals surface area contributed by atoms with Gasteiger partial charge in [0.05, 0.1) is 12.1 Å². The van der Waals surface area contributed by atoms with Crippen molar-refractivity contribution < 1.29 is 9.59 Å². The Kier molecular flexibility index (Phi) is 5.39. The van der Waals surface area contributed by atoms with Gasteiger partial charge in [0.25, 0.3) is 5.91 Å². The molecular weight excluding hydrogens is 370 g/mol. The first-order valence-corrected chi connectivity index (χ1v) is 8.31. The van der Waals surface area contributed by atoms with Crippen LogP contribution < -0.4 is 11.1 Å². The summed E-state index contributed by atoms with van der Waals surface area (Å²) in [6.45, 7) is 6.24. The van der Waals surface area contributed by atoms with Crippen molar-refractivity contribution in [2.75, 3.05) is 12.3 Å². The van der Waals surface area contributed by atoms with Crippen LogP contribution in [0.5, 0.6) is 0 Å². The number of amides is 1. The molecule has 5 nitrogen and oxygen atoms in total. The largest absolute Gasteiger partial charge is 0.383 e. The zero-order valence-electron chi connectivity index (χ0n) is 13.9. The van der Waals surface area contributed by atoms with E-state index in [0.717, 1.165) is 5.56 Å². The Morgan fingerprint density at radius 2 is 1.83 bits per heavy atom. The van der Waals surface area contributed by atoms with Crippen LogP contribution in [-0.4, -0.2) is 23.2 Å². The predicted molar refractivity (Wildman–Crippen MR) is 98.2 cm³/mol. The summed E-state index contributed by atoms with van der Waals surface area (Å²) in [7, 11) is 0. The molecule has 3 N–H and O–H groups in total. The van der Waals surface area contributed by atoms with Gasteiger partial charge in [-0.15, -0.1) is 0 Å². The third-order valence-electron chi connectivity index (χ3n) is 3.61. The third-order valence-corrected chi connectivity index (χ3v) is 4.05. The molecule has 2 rings (SSSR count). The number of aromatic nitrogens is 1. The Bertz CT molecular complexity index is 765. The van der Waals surface area contributed by atoms with E-state index in [1.165, 1.54) is 6.20 Å². The predicted octanol–water partition coefficient (Wildman–Crippen LogP) is 3.34. The van der Waals surface area contributed by atoms with E-state index < -0.39 is 5.91 Å². The van der Waals surface area contributed by atoms with Gasteiger partial charge < -0.3 is 11.1 Å². The zero-order valence-corrected chi connectivity index (χ0v) is 15.5. The van der Waals surface area contributed by atoms with Crippen molar-refractivity contribution in [2.24, 2.45) is 0 Å². The van der Waals surface area contributed by atoms with E-state index in [-0.39, 0.29) is 29.1 Å². The molecule has 0 bridgehead atoms. The molecule has 6 heteroatoms. The molecule has 24 heavy (non-hydrogen) atoms. The first-order valence-electron chi connectivity index (χ1n) is 7.51. The van der Waals surface area contributed by atoms with Crippen LogP contribution >= 0.6 is 15.9 Å². The molecule has 126 valence electrons. The standard InChI is InChI=1S/C18H20BrN3O2/c1-18(2,3)12-6-4-11(5-7-12)15(23)10-22-17(24)14-8-13(19)9-21-16(14)20/h4-9H,10H2,1-3H3,(H2,20,21)(H,22,24). The first kappa shape index (κ1) is 18.1. The summed E-state index contributed by atoms with van der Waals surface area (Å²) in [5.41, 5.74) is 7.66. The number of benzene rings is 1. The highest BCUT2D eigenvalue weighted by molar-refractivity contribution is 9.10. The molecule has 0 unspecified atom stereocenters.